The highest BCUT2D eigenvalue weighted by Gasteiger charge is 2.41. The minimum Gasteiger partial charge on any atom is -0.462 e. The van der Waals surface area contributed by atoms with Crippen molar-refractivity contribution in [2.75, 3.05) is 0 Å². The normalized spacial score (nSPS) is 34.8. The summed E-state index contributed by atoms with van der Waals surface area (Å²) in [4.78, 5) is 11.4. The first kappa shape index (κ1) is 10.0. The Morgan fingerprint density at radius 2 is 2.21 bits per heavy atom. The Hall–Kier alpha value is -0.530. The monoisotopic (exact) mass is 196 g/mol. The Balaban J connectivity index is 1.73. The third-order valence-corrected chi connectivity index (χ3v) is 3.69. The molecule has 2 aliphatic carbocycles. The van der Waals surface area contributed by atoms with Crippen molar-refractivity contribution in [1.82, 2.24) is 0 Å². The second kappa shape index (κ2) is 4.33. The molecule has 2 rings (SSSR count). The van der Waals surface area contributed by atoms with E-state index in [2.05, 4.69) is 6.92 Å². The van der Waals surface area contributed by atoms with Gasteiger partial charge in [0.1, 0.15) is 6.10 Å². The van der Waals surface area contributed by atoms with Crippen molar-refractivity contribution >= 4 is 5.97 Å². The van der Waals surface area contributed by atoms with Gasteiger partial charge in [0.05, 0.1) is 0 Å². The molecular formula is C12H20O2. The highest BCUT2D eigenvalue weighted by Crippen LogP contribution is 2.45. The number of fused-ring (bicyclic) bond motifs is 2. The molecule has 2 nitrogen and oxygen atoms in total. The van der Waals surface area contributed by atoms with E-state index in [1.54, 1.807) is 0 Å². The number of hydrogen-bond acceptors (Lipinski definition) is 2. The van der Waals surface area contributed by atoms with Crippen LogP contribution in [0.3, 0.4) is 0 Å². The molecule has 0 radical (unpaired) electrons. The number of carbonyl (C=O) groups excluding carboxylic acids is 1. The van der Waals surface area contributed by atoms with Crippen molar-refractivity contribution < 1.29 is 9.53 Å². The molecule has 0 aromatic carbocycles. The molecule has 0 spiro atoms. The molecule has 0 amide bonds. The average molecular weight is 196 g/mol. The molecule has 0 aliphatic heterocycles. The lowest BCUT2D eigenvalue weighted by Crippen LogP contribution is -2.23. The zero-order chi connectivity index (χ0) is 9.97. The molecule has 0 aromatic heterocycles. The zero-order valence-corrected chi connectivity index (χ0v) is 9.00. The van der Waals surface area contributed by atoms with Crippen LogP contribution in [-0.4, -0.2) is 12.1 Å². The third-order valence-electron chi connectivity index (χ3n) is 3.69. The minimum atomic E-state index is 0.0319. The Kier molecular flexibility index (Phi) is 3.09. The van der Waals surface area contributed by atoms with Crippen LogP contribution in [0.4, 0.5) is 0 Å². The number of carbonyl (C=O) groups is 1. The van der Waals surface area contributed by atoms with Gasteiger partial charge in [-0.2, -0.15) is 0 Å². The Morgan fingerprint density at radius 3 is 2.79 bits per heavy atom. The van der Waals surface area contributed by atoms with Crippen LogP contribution in [0.1, 0.15) is 51.9 Å². The first-order valence-corrected chi connectivity index (χ1v) is 5.99. The van der Waals surface area contributed by atoms with E-state index in [1.807, 2.05) is 0 Å². The molecule has 2 bridgehead atoms. The van der Waals surface area contributed by atoms with Crippen LogP contribution in [-0.2, 0) is 9.53 Å². The maximum Gasteiger partial charge on any atom is 0.306 e. The molecule has 2 heteroatoms. The molecule has 0 aromatic rings. The molecule has 3 atom stereocenters. The van der Waals surface area contributed by atoms with Gasteiger partial charge in [0.25, 0.3) is 0 Å². The fraction of sp³-hybridized carbons (Fsp3) is 0.917. The number of hydrogen-bond donors (Lipinski definition) is 0. The number of ether oxygens (including phenoxy) is 1. The van der Waals surface area contributed by atoms with Gasteiger partial charge in [0.15, 0.2) is 0 Å². The summed E-state index contributed by atoms with van der Waals surface area (Å²) in [6, 6.07) is 0. The van der Waals surface area contributed by atoms with Crippen LogP contribution >= 0.6 is 0 Å². The van der Waals surface area contributed by atoms with Gasteiger partial charge in [0.2, 0.25) is 0 Å². The molecule has 14 heavy (non-hydrogen) atoms. The first-order valence-electron chi connectivity index (χ1n) is 5.99. The number of rotatable bonds is 4. The maximum absolute atomic E-state index is 11.4. The van der Waals surface area contributed by atoms with Crippen molar-refractivity contribution in [3.05, 3.63) is 0 Å². The Bertz CT molecular complexity index is 212. The largest absolute Gasteiger partial charge is 0.462 e. The van der Waals surface area contributed by atoms with Gasteiger partial charge in [-0.05, 0) is 43.9 Å². The molecule has 3 unspecified atom stereocenters. The van der Waals surface area contributed by atoms with Crippen LogP contribution in [0.5, 0.6) is 0 Å². The second-order valence-electron chi connectivity index (χ2n) is 4.81. The Morgan fingerprint density at radius 1 is 1.36 bits per heavy atom. The van der Waals surface area contributed by atoms with Crippen molar-refractivity contribution in [3.63, 3.8) is 0 Å². The van der Waals surface area contributed by atoms with Crippen LogP contribution in [0.25, 0.3) is 0 Å². The lowest BCUT2D eigenvalue weighted by atomic mass is 9.98. The smallest absolute Gasteiger partial charge is 0.306 e. The summed E-state index contributed by atoms with van der Waals surface area (Å²) in [5, 5.41) is 0. The van der Waals surface area contributed by atoms with E-state index in [1.165, 1.54) is 19.3 Å². The first-order chi connectivity index (χ1) is 6.79. The van der Waals surface area contributed by atoms with Crippen LogP contribution in [0, 0.1) is 11.8 Å². The van der Waals surface area contributed by atoms with Gasteiger partial charge in [-0.1, -0.05) is 13.3 Å². The molecule has 2 aliphatic rings. The van der Waals surface area contributed by atoms with E-state index >= 15 is 0 Å². The van der Waals surface area contributed by atoms with Crippen LogP contribution < -0.4 is 0 Å². The number of esters is 1. The Labute approximate surface area is 86.0 Å². The summed E-state index contributed by atoms with van der Waals surface area (Å²) >= 11 is 0. The molecule has 2 saturated carbocycles. The van der Waals surface area contributed by atoms with E-state index in [4.69, 9.17) is 4.74 Å². The maximum atomic E-state index is 11.4. The molecule has 0 saturated heterocycles. The van der Waals surface area contributed by atoms with Crippen molar-refractivity contribution in [2.24, 2.45) is 11.8 Å². The topological polar surface area (TPSA) is 26.3 Å². The number of unbranched alkanes of at least 4 members (excludes halogenated alkanes) is 1. The predicted molar refractivity (Wildman–Crippen MR) is 54.9 cm³/mol. The van der Waals surface area contributed by atoms with E-state index in [0.29, 0.717) is 12.3 Å². The SMILES string of the molecule is CCCCC(=O)OC1CC2CCC1C2. The average Bonchev–Trinajstić information content (AvgIpc) is 2.76. The third kappa shape index (κ3) is 2.10. The fourth-order valence-electron chi connectivity index (χ4n) is 2.88. The highest BCUT2D eigenvalue weighted by molar-refractivity contribution is 5.69. The van der Waals surface area contributed by atoms with Gasteiger partial charge in [-0.3, -0.25) is 4.79 Å². The quantitative estimate of drug-likeness (QED) is 0.646. The van der Waals surface area contributed by atoms with Gasteiger partial charge in [-0.15, -0.1) is 0 Å². The van der Waals surface area contributed by atoms with Crippen LogP contribution in [0.15, 0.2) is 0 Å². The molecule has 80 valence electrons. The van der Waals surface area contributed by atoms with Crippen molar-refractivity contribution in [2.45, 2.75) is 58.0 Å². The van der Waals surface area contributed by atoms with Gasteiger partial charge in [0, 0.05) is 6.42 Å². The van der Waals surface area contributed by atoms with E-state index in [9.17, 15) is 4.79 Å². The van der Waals surface area contributed by atoms with Gasteiger partial charge >= 0.3 is 5.97 Å². The fourth-order valence-corrected chi connectivity index (χ4v) is 2.88. The highest BCUT2D eigenvalue weighted by atomic mass is 16.5. The van der Waals surface area contributed by atoms with E-state index in [0.717, 1.165) is 25.2 Å². The summed E-state index contributed by atoms with van der Waals surface area (Å²) in [5.41, 5.74) is 0. The van der Waals surface area contributed by atoms with Crippen molar-refractivity contribution in [3.8, 4) is 0 Å². The molecular weight excluding hydrogens is 176 g/mol. The summed E-state index contributed by atoms with van der Waals surface area (Å²) in [5.74, 6) is 1.60. The molecule has 0 heterocycles. The summed E-state index contributed by atoms with van der Waals surface area (Å²) in [6.07, 6.45) is 8.05. The van der Waals surface area contributed by atoms with Crippen molar-refractivity contribution in [1.29, 1.82) is 0 Å². The second-order valence-corrected chi connectivity index (χ2v) is 4.81. The van der Waals surface area contributed by atoms with Crippen LogP contribution in [0.2, 0.25) is 0 Å². The zero-order valence-electron chi connectivity index (χ0n) is 9.00. The van der Waals surface area contributed by atoms with E-state index in [-0.39, 0.29) is 12.1 Å². The van der Waals surface area contributed by atoms with E-state index < -0.39 is 0 Å². The predicted octanol–water partition coefficient (Wildman–Crippen LogP) is 2.91. The summed E-state index contributed by atoms with van der Waals surface area (Å²) in [7, 11) is 0. The lowest BCUT2D eigenvalue weighted by Gasteiger charge is -2.21. The summed E-state index contributed by atoms with van der Waals surface area (Å²) in [6.45, 7) is 2.10. The minimum absolute atomic E-state index is 0.0319. The molecule has 0 N–H and O–H groups in total. The standard InChI is InChI=1S/C12H20O2/c1-2-3-4-12(13)14-11-8-9-5-6-10(11)7-9/h9-11H,2-8H2,1H3. The van der Waals surface area contributed by atoms with Gasteiger partial charge in [-0.25, -0.2) is 0 Å². The molecule has 2 fully saturated rings. The van der Waals surface area contributed by atoms with Gasteiger partial charge < -0.3 is 4.74 Å². The summed E-state index contributed by atoms with van der Waals surface area (Å²) < 4.78 is 5.51. The lowest BCUT2D eigenvalue weighted by molar-refractivity contribution is -0.151.